The highest BCUT2D eigenvalue weighted by atomic mass is 19.1. The summed E-state index contributed by atoms with van der Waals surface area (Å²) in [6.07, 6.45) is 2.55. The molecule has 1 amide bonds. The molecule has 1 saturated heterocycles. The molecule has 1 fully saturated rings. The van der Waals surface area contributed by atoms with E-state index in [0.717, 1.165) is 42.1 Å². The number of anilines is 1. The first-order chi connectivity index (χ1) is 15.6. The van der Waals surface area contributed by atoms with Crippen LogP contribution >= 0.6 is 0 Å². The Morgan fingerprint density at radius 1 is 1.24 bits per heavy atom. The monoisotopic (exact) mass is 453 g/mol. The van der Waals surface area contributed by atoms with E-state index in [0.29, 0.717) is 31.6 Å². The second-order valence-corrected chi connectivity index (χ2v) is 10.5. The Kier molecular flexibility index (Phi) is 6.84. The normalized spacial score (nSPS) is 22.6. The van der Waals surface area contributed by atoms with E-state index in [4.69, 9.17) is 4.98 Å². The van der Waals surface area contributed by atoms with Gasteiger partial charge in [-0.25, -0.2) is 4.39 Å². The predicted molar refractivity (Wildman–Crippen MR) is 130 cm³/mol. The van der Waals surface area contributed by atoms with Crippen molar-refractivity contribution in [3.8, 4) is 0 Å². The van der Waals surface area contributed by atoms with Crippen molar-refractivity contribution in [1.29, 1.82) is 0 Å². The van der Waals surface area contributed by atoms with Gasteiger partial charge in [0.25, 0.3) is 0 Å². The standard InChI is InChI=1S/C26H36FN5O/c1-18-14-31(22(13-28-18)15-30(4)5)16-24(33)32-17-26(2,3)25-23(32)11-20(12-29-25)10-19-6-8-21(27)9-7-19/h6-9,11-12,18,22,28H,10,13-17H2,1-5H3/t18?,22-/m1/s1. The molecule has 2 aliphatic heterocycles. The molecule has 0 aliphatic carbocycles. The van der Waals surface area contributed by atoms with Gasteiger partial charge in [-0.05, 0) is 56.8 Å². The van der Waals surface area contributed by atoms with Crippen molar-refractivity contribution in [2.24, 2.45) is 0 Å². The summed E-state index contributed by atoms with van der Waals surface area (Å²) < 4.78 is 13.3. The Balaban J connectivity index is 1.55. The zero-order valence-corrected chi connectivity index (χ0v) is 20.4. The zero-order valence-electron chi connectivity index (χ0n) is 20.4. The van der Waals surface area contributed by atoms with Crippen LogP contribution in [-0.4, -0.2) is 79.6 Å². The van der Waals surface area contributed by atoms with E-state index >= 15 is 0 Å². The number of carbonyl (C=O) groups excluding carboxylic acids is 1. The molecule has 0 bridgehead atoms. The Labute approximate surface area is 196 Å². The number of piperazine rings is 1. The third-order valence-electron chi connectivity index (χ3n) is 6.67. The molecular weight excluding hydrogens is 417 g/mol. The fourth-order valence-corrected chi connectivity index (χ4v) is 5.02. The van der Waals surface area contributed by atoms with E-state index in [2.05, 4.69) is 56.0 Å². The van der Waals surface area contributed by atoms with E-state index in [-0.39, 0.29) is 17.1 Å². The molecule has 6 nitrogen and oxygen atoms in total. The molecule has 3 heterocycles. The maximum atomic E-state index is 13.6. The molecule has 1 N–H and O–H groups in total. The molecule has 2 aromatic rings. The Hall–Kier alpha value is -2.35. The predicted octanol–water partition coefficient (Wildman–Crippen LogP) is 2.66. The van der Waals surface area contributed by atoms with Crippen molar-refractivity contribution in [3.05, 3.63) is 59.2 Å². The van der Waals surface area contributed by atoms with Gasteiger partial charge in [0.15, 0.2) is 0 Å². The zero-order chi connectivity index (χ0) is 23.8. The highest BCUT2D eigenvalue weighted by molar-refractivity contribution is 5.97. The summed E-state index contributed by atoms with van der Waals surface area (Å²) >= 11 is 0. The minimum Gasteiger partial charge on any atom is -0.311 e. The maximum Gasteiger partial charge on any atom is 0.241 e. The summed E-state index contributed by atoms with van der Waals surface area (Å²) in [5.74, 6) is -0.112. The van der Waals surface area contributed by atoms with Gasteiger partial charge in [-0.2, -0.15) is 0 Å². The molecular formula is C26H36FN5O. The van der Waals surface area contributed by atoms with Crippen LogP contribution in [0, 0.1) is 5.82 Å². The number of hydrogen-bond donors (Lipinski definition) is 1. The van der Waals surface area contributed by atoms with Gasteiger partial charge >= 0.3 is 0 Å². The van der Waals surface area contributed by atoms with Gasteiger partial charge in [0.2, 0.25) is 5.91 Å². The fraction of sp³-hybridized carbons (Fsp3) is 0.538. The molecule has 7 heteroatoms. The van der Waals surface area contributed by atoms with Crippen molar-refractivity contribution in [1.82, 2.24) is 20.1 Å². The topological polar surface area (TPSA) is 51.7 Å². The number of fused-ring (bicyclic) bond motifs is 1. The number of pyridine rings is 1. The van der Waals surface area contributed by atoms with Crippen LogP contribution in [0.15, 0.2) is 36.5 Å². The highest BCUT2D eigenvalue weighted by Gasteiger charge is 2.40. The van der Waals surface area contributed by atoms with E-state index in [9.17, 15) is 9.18 Å². The number of carbonyl (C=O) groups is 1. The molecule has 1 aromatic carbocycles. The Morgan fingerprint density at radius 3 is 2.67 bits per heavy atom. The van der Waals surface area contributed by atoms with Crippen molar-refractivity contribution < 1.29 is 9.18 Å². The van der Waals surface area contributed by atoms with Crippen LogP contribution in [0.5, 0.6) is 0 Å². The summed E-state index contributed by atoms with van der Waals surface area (Å²) in [6, 6.07) is 9.32. The van der Waals surface area contributed by atoms with Crippen LogP contribution < -0.4 is 10.2 Å². The summed E-state index contributed by atoms with van der Waals surface area (Å²) in [7, 11) is 4.15. The van der Waals surface area contributed by atoms with Crippen LogP contribution in [0.1, 0.15) is 37.6 Å². The molecule has 33 heavy (non-hydrogen) atoms. The Morgan fingerprint density at radius 2 is 1.97 bits per heavy atom. The van der Waals surface area contributed by atoms with E-state index in [1.807, 2.05) is 11.1 Å². The van der Waals surface area contributed by atoms with E-state index in [1.165, 1.54) is 12.1 Å². The average Bonchev–Trinajstić information content (AvgIpc) is 3.02. The molecule has 0 spiro atoms. The molecule has 1 aromatic heterocycles. The lowest BCUT2D eigenvalue weighted by Gasteiger charge is -2.40. The molecule has 0 saturated carbocycles. The van der Waals surface area contributed by atoms with Crippen molar-refractivity contribution in [3.63, 3.8) is 0 Å². The number of nitrogens with one attached hydrogen (secondary N) is 1. The number of amides is 1. The number of rotatable bonds is 6. The van der Waals surface area contributed by atoms with Gasteiger partial charge in [0.05, 0.1) is 17.9 Å². The first kappa shape index (κ1) is 23.8. The van der Waals surface area contributed by atoms with Gasteiger partial charge in [-0.1, -0.05) is 26.0 Å². The molecule has 1 unspecified atom stereocenters. The molecule has 2 aliphatic rings. The summed E-state index contributed by atoms with van der Waals surface area (Å²) in [5.41, 5.74) is 3.74. The number of benzene rings is 1. The van der Waals surface area contributed by atoms with Gasteiger partial charge in [0.1, 0.15) is 5.82 Å². The molecule has 2 atom stereocenters. The minimum atomic E-state index is -0.237. The van der Waals surface area contributed by atoms with Crippen LogP contribution in [0.4, 0.5) is 10.1 Å². The fourth-order valence-electron chi connectivity index (χ4n) is 5.02. The highest BCUT2D eigenvalue weighted by Crippen LogP contribution is 2.39. The number of aromatic nitrogens is 1. The van der Waals surface area contributed by atoms with Gasteiger partial charge in [0, 0.05) is 49.9 Å². The second-order valence-electron chi connectivity index (χ2n) is 10.5. The first-order valence-electron chi connectivity index (χ1n) is 11.8. The van der Waals surface area contributed by atoms with Crippen molar-refractivity contribution >= 4 is 11.6 Å². The van der Waals surface area contributed by atoms with Crippen LogP contribution in [0.25, 0.3) is 0 Å². The second kappa shape index (κ2) is 9.49. The summed E-state index contributed by atoms with van der Waals surface area (Å²) in [4.78, 5) is 24.8. The Bertz CT molecular complexity index is 991. The first-order valence-corrected chi connectivity index (χ1v) is 11.8. The lowest BCUT2D eigenvalue weighted by molar-refractivity contribution is -0.120. The minimum absolute atomic E-state index is 0.125. The number of likely N-dealkylation sites (N-methyl/N-ethyl adjacent to an activating group) is 1. The van der Waals surface area contributed by atoms with Crippen molar-refractivity contribution in [2.75, 3.05) is 51.7 Å². The SMILES string of the molecule is CC1CN(CC(=O)N2CC(C)(C)c3ncc(Cc4ccc(F)cc4)cc32)[C@@H](CN(C)C)CN1. The summed E-state index contributed by atoms with van der Waals surface area (Å²) in [5, 5.41) is 3.55. The quantitative estimate of drug-likeness (QED) is 0.729. The van der Waals surface area contributed by atoms with E-state index in [1.54, 1.807) is 12.1 Å². The summed E-state index contributed by atoms with van der Waals surface area (Å²) in [6.45, 7) is 10.2. The van der Waals surface area contributed by atoms with Gasteiger partial charge in [-0.15, -0.1) is 0 Å². The van der Waals surface area contributed by atoms with Gasteiger partial charge in [-0.3, -0.25) is 14.7 Å². The molecule has 0 radical (unpaired) electrons. The smallest absolute Gasteiger partial charge is 0.241 e. The lowest BCUT2D eigenvalue weighted by atomic mass is 9.91. The number of hydrogen-bond acceptors (Lipinski definition) is 5. The van der Waals surface area contributed by atoms with Crippen LogP contribution in [-0.2, 0) is 16.6 Å². The van der Waals surface area contributed by atoms with Gasteiger partial charge < -0.3 is 15.1 Å². The van der Waals surface area contributed by atoms with Crippen LogP contribution in [0.2, 0.25) is 0 Å². The van der Waals surface area contributed by atoms with E-state index < -0.39 is 0 Å². The number of nitrogens with zero attached hydrogens (tertiary/aromatic N) is 4. The maximum absolute atomic E-state index is 13.6. The largest absolute Gasteiger partial charge is 0.311 e. The van der Waals surface area contributed by atoms with Crippen molar-refractivity contribution in [2.45, 2.75) is 44.7 Å². The number of halogens is 1. The third-order valence-corrected chi connectivity index (χ3v) is 6.67. The molecule has 4 rings (SSSR count). The lowest BCUT2D eigenvalue weighted by Crippen LogP contribution is -2.60. The third kappa shape index (κ3) is 5.42. The average molecular weight is 454 g/mol. The molecule has 178 valence electrons. The van der Waals surface area contributed by atoms with Crippen LogP contribution in [0.3, 0.4) is 0 Å².